The van der Waals surface area contributed by atoms with Gasteiger partial charge in [-0.05, 0) is 37.8 Å². The predicted octanol–water partition coefficient (Wildman–Crippen LogP) is 4.10. The lowest BCUT2D eigenvalue weighted by atomic mass is 9.93. The summed E-state index contributed by atoms with van der Waals surface area (Å²) < 4.78 is 26.3. The molecule has 1 aliphatic carbocycles. The van der Waals surface area contributed by atoms with E-state index in [1.165, 1.54) is 6.42 Å². The first-order chi connectivity index (χ1) is 12.4. The number of benzene rings is 1. The molecule has 2 aliphatic rings. The zero-order chi connectivity index (χ0) is 18.3. The Labute approximate surface area is 158 Å². The number of sulfone groups is 1. The smallest absolute Gasteiger partial charge is 0.168 e. The van der Waals surface area contributed by atoms with Crippen molar-refractivity contribution in [3.8, 4) is 0 Å². The van der Waals surface area contributed by atoms with Gasteiger partial charge in [-0.25, -0.2) is 13.4 Å². The van der Waals surface area contributed by atoms with Gasteiger partial charge in [0.05, 0.1) is 17.5 Å². The molecule has 1 atom stereocenters. The molecule has 1 unspecified atom stereocenters. The number of aromatic amines is 1. The summed E-state index contributed by atoms with van der Waals surface area (Å²) in [6, 6.07) is 11.2. The van der Waals surface area contributed by atoms with E-state index in [-0.39, 0.29) is 11.8 Å². The number of hydrogen-bond donors (Lipinski definition) is 1. The molecule has 5 nitrogen and oxygen atoms in total. The van der Waals surface area contributed by atoms with Crippen LogP contribution in [-0.4, -0.2) is 31.0 Å². The molecule has 2 aromatic rings. The maximum absolute atomic E-state index is 13.1. The number of amidine groups is 1. The van der Waals surface area contributed by atoms with Gasteiger partial charge in [-0.2, -0.15) is 0 Å². The van der Waals surface area contributed by atoms with Gasteiger partial charge in [0, 0.05) is 11.3 Å². The minimum Gasteiger partial charge on any atom is -0.347 e. The topological polar surface area (TPSA) is 74.7 Å². The number of nitrogens with zero attached hydrogens (tertiary/aromatic N) is 2. The van der Waals surface area contributed by atoms with Crippen molar-refractivity contribution in [2.24, 2.45) is 9.98 Å². The summed E-state index contributed by atoms with van der Waals surface area (Å²) in [5.41, 5.74) is 2.57. The third kappa shape index (κ3) is 3.23. The van der Waals surface area contributed by atoms with E-state index in [4.69, 9.17) is 16.6 Å². The molecule has 7 heteroatoms. The van der Waals surface area contributed by atoms with Crippen LogP contribution in [0.3, 0.4) is 0 Å². The number of H-pyrrole nitrogens is 1. The fourth-order valence-electron chi connectivity index (χ4n) is 3.44. The highest BCUT2D eigenvalue weighted by Crippen LogP contribution is 2.36. The molecule has 4 rings (SSSR count). The molecule has 2 heterocycles. The number of nitrogens with one attached hydrogen (secondary N) is 1. The van der Waals surface area contributed by atoms with Crippen molar-refractivity contribution >= 4 is 33.0 Å². The molecule has 1 aromatic heterocycles. The first-order valence-corrected chi connectivity index (χ1v) is 10.8. The highest BCUT2D eigenvalue weighted by atomic mass is 35.5. The maximum atomic E-state index is 13.1. The summed E-state index contributed by atoms with van der Waals surface area (Å²) in [7, 11) is -3.50. The minimum absolute atomic E-state index is 0.0451. The van der Waals surface area contributed by atoms with Gasteiger partial charge in [0.15, 0.2) is 15.7 Å². The van der Waals surface area contributed by atoms with E-state index in [0.29, 0.717) is 28.0 Å². The van der Waals surface area contributed by atoms with E-state index >= 15 is 0 Å². The third-order valence-electron chi connectivity index (χ3n) is 4.93. The fraction of sp³-hybridized carbons (Fsp3) is 0.368. The van der Waals surface area contributed by atoms with Crippen molar-refractivity contribution in [3.63, 3.8) is 0 Å². The second-order valence-electron chi connectivity index (χ2n) is 6.91. The summed E-state index contributed by atoms with van der Waals surface area (Å²) >= 11 is 6.17. The third-order valence-corrected chi connectivity index (χ3v) is 7.16. The summed E-state index contributed by atoms with van der Waals surface area (Å²) in [6.07, 6.45) is 3.29. The zero-order valence-corrected chi connectivity index (χ0v) is 16.0. The van der Waals surface area contributed by atoms with E-state index in [2.05, 4.69) is 9.98 Å². The van der Waals surface area contributed by atoms with Crippen LogP contribution in [-0.2, 0) is 15.6 Å². The van der Waals surface area contributed by atoms with Crippen LogP contribution in [0.2, 0.25) is 5.15 Å². The normalized spacial score (nSPS) is 22.0. The molecule has 1 saturated carbocycles. The number of fused-ring (bicyclic) bond motifs is 1. The number of aliphatic imine (C=N–C) groups is 2. The van der Waals surface area contributed by atoms with E-state index in [0.717, 1.165) is 18.4 Å². The van der Waals surface area contributed by atoms with Crippen LogP contribution in [0, 0.1) is 0 Å². The number of rotatable bonds is 4. The lowest BCUT2D eigenvalue weighted by molar-refractivity contribution is 0.420. The Balaban J connectivity index is 1.75. The van der Waals surface area contributed by atoms with Gasteiger partial charge >= 0.3 is 0 Å². The highest BCUT2D eigenvalue weighted by molar-refractivity contribution is 7.91. The second kappa shape index (κ2) is 6.67. The Bertz CT molecular complexity index is 989. The summed E-state index contributed by atoms with van der Waals surface area (Å²) in [6.45, 7) is 1.75. The SMILES string of the molecule is CC1=NC(=NC2CCC2)c2cc(Cl)[nH]c2C1S(=O)(=O)Cc1ccccc1. The van der Waals surface area contributed by atoms with Gasteiger partial charge in [-0.3, -0.25) is 4.99 Å². The van der Waals surface area contributed by atoms with Crippen molar-refractivity contribution in [1.29, 1.82) is 0 Å². The van der Waals surface area contributed by atoms with Crippen LogP contribution in [0.1, 0.15) is 48.3 Å². The van der Waals surface area contributed by atoms with Crippen molar-refractivity contribution in [2.45, 2.75) is 43.2 Å². The van der Waals surface area contributed by atoms with E-state index < -0.39 is 15.1 Å². The van der Waals surface area contributed by atoms with Crippen LogP contribution in [0.4, 0.5) is 0 Å². The van der Waals surface area contributed by atoms with E-state index in [1.807, 2.05) is 30.3 Å². The largest absolute Gasteiger partial charge is 0.347 e. The maximum Gasteiger partial charge on any atom is 0.168 e. The Kier molecular flexibility index (Phi) is 4.49. The average molecular weight is 390 g/mol. The lowest BCUT2D eigenvalue weighted by Gasteiger charge is -2.25. The Morgan fingerprint density at radius 3 is 2.65 bits per heavy atom. The van der Waals surface area contributed by atoms with Crippen LogP contribution >= 0.6 is 11.6 Å². The second-order valence-corrected chi connectivity index (χ2v) is 9.40. The molecule has 1 aromatic carbocycles. The van der Waals surface area contributed by atoms with Crippen molar-refractivity contribution in [2.75, 3.05) is 0 Å². The molecular weight excluding hydrogens is 370 g/mol. The highest BCUT2D eigenvalue weighted by Gasteiger charge is 2.38. The van der Waals surface area contributed by atoms with Gasteiger partial charge in [0.1, 0.15) is 10.4 Å². The molecule has 0 bridgehead atoms. The summed E-state index contributed by atoms with van der Waals surface area (Å²) in [4.78, 5) is 12.3. The average Bonchev–Trinajstić information content (AvgIpc) is 2.91. The van der Waals surface area contributed by atoms with Crippen molar-refractivity contribution < 1.29 is 8.42 Å². The molecule has 1 fully saturated rings. The van der Waals surface area contributed by atoms with Gasteiger partial charge in [0.2, 0.25) is 0 Å². The van der Waals surface area contributed by atoms with Crippen LogP contribution in [0.25, 0.3) is 0 Å². The standard InChI is InChI=1S/C19H20ClN3O2S/c1-12-18(26(24,25)11-13-6-3-2-4-7-13)17-15(10-16(20)23-17)19(21-12)22-14-8-5-9-14/h2-4,6-7,10,14,18,23H,5,8-9,11H2,1H3. The van der Waals surface area contributed by atoms with Crippen molar-refractivity contribution in [3.05, 3.63) is 58.4 Å². The molecule has 1 N–H and O–H groups in total. The monoisotopic (exact) mass is 389 g/mol. The Morgan fingerprint density at radius 1 is 1.27 bits per heavy atom. The quantitative estimate of drug-likeness (QED) is 0.854. The van der Waals surface area contributed by atoms with Crippen LogP contribution < -0.4 is 0 Å². The number of halogens is 1. The molecule has 0 amide bonds. The van der Waals surface area contributed by atoms with Crippen LogP contribution in [0.5, 0.6) is 0 Å². The molecular formula is C19H20ClN3O2S. The van der Waals surface area contributed by atoms with Crippen molar-refractivity contribution in [1.82, 2.24) is 4.98 Å². The van der Waals surface area contributed by atoms with Gasteiger partial charge in [-0.1, -0.05) is 41.9 Å². The lowest BCUT2D eigenvalue weighted by Crippen LogP contribution is -2.29. The minimum atomic E-state index is -3.50. The summed E-state index contributed by atoms with van der Waals surface area (Å²) in [5, 5.41) is -0.424. The molecule has 1 aliphatic heterocycles. The Morgan fingerprint density at radius 2 is 2.00 bits per heavy atom. The number of hydrogen-bond acceptors (Lipinski definition) is 3. The molecule has 136 valence electrons. The van der Waals surface area contributed by atoms with Gasteiger partial charge < -0.3 is 4.98 Å². The Hall–Kier alpha value is -1.92. The molecule has 0 radical (unpaired) electrons. The molecule has 0 spiro atoms. The van der Waals surface area contributed by atoms with Gasteiger partial charge in [-0.15, -0.1) is 0 Å². The first-order valence-electron chi connectivity index (χ1n) is 8.71. The van der Waals surface area contributed by atoms with Gasteiger partial charge in [0.25, 0.3) is 0 Å². The predicted molar refractivity (Wildman–Crippen MR) is 105 cm³/mol. The zero-order valence-electron chi connectivity index (χ0n) is 14.4. The molecule has 0 saturated heterocycles. The van der Waals surface area contributed by atoms with E-state index in [9.17, 15) is 8.42 Å². The molecule has 26 heavy (non-hydrogen) atoms. The van der Waals surface area contributed by atoms with E-state index in [1.54, 1.807) is 13.0 Å². The van der Waals surface area contributed by atoms with Crippen LogP contribution in [0.15, 0.2) is 46.4 Å². The first kappa shape index (κ1) is 17.5. The number of aromatic nitrogens is 1. The fourth-order valence-corrected chi connectivity index (χ4v) is 5.59. The summed E-state index contributed by atoms with van der Waals surface area (Å²) in [5.74, 6) is 0.549.